The molecule has 1 heterocycles. The zero-order chi connectivity index (χ0) is 16.6. The van der Waals surface area contributed by atoms with Crippen LogP contribution in [0.4, 0.5) is 0 Å². The third-order valence-electron chi connectivity index (χ3n) is 4.51. The van der Waals surface area contributed by atoms with E-state index in [0.717, 1.165) is 23.0 Å². The Morgan fingerprint density at radius 2 is 1.41 bits per heavy atom. The van der Waals surface area contributed by atoms with Crippen LogP contribution in [-0.2, 0) is 7.05 Å². The molecule has 0 spiro atoms. The summed E-state index contributed by atoms with van der Waals surface area (Å²) in [5.74, 6) is 0. The van der Waals surface area contributed by atoms with Crippen LogP contribution in [0.25, 0.3) is 0 Å². The number of H-pyrrole nitrogens is 1. The SMILES string of the molecule is CCC[CH2][Sn]([CH2]CCC)([CH2]CCC)[c]1nn(C)c(=O)[nH]c1=O. The Hall–Kier alpha value is -0.591. The second-order valence-electron chi connectivity index (χ2n) is 6.32. The van der Waals surface area contributed by atoms with Crippen LogP contribution in [0.1, 0.15) is 59.3 Å². The molecule has 6 heteroatoms. The molecule has 0 saturated heterocycles. The van der Waals surface area contributed by atoms with Gasteiger partial charge in [0.15, 0.2) is 0 Å². The topological polar surface area (TPSA) is 67.8 Å². The molecule has 0 aliphatic carbocycles. The number of aryl methyl sites for hydroxylation is 1. The Morgan fingerprint density at radius 3 is 1.82 bits per heavy atom. The van der Waals surface area contributed by atoms with Gasteiger partial charge in [0.1, 0.15) is 0 Å². The standard InChI is InChI=1S/C4H4N3O2.3C4H9.Sn/c1-7-4(9)6-3(8)2-5-7;3*1-3-4-2;/h1H3,(H,6,8,9);3*1,3-4H2,2H3;. The molecule has 1 aromatic heterocycles. The molecule has 1 rings (SSSR count). The fourth-order valence-corrected chi connectivity index (χ4v) is 18.7. The Kier molecular flexibility index (Phi) is 8.42. The minimum absolute atomic E-state index is 0.206. The molecule has 5 nitrogen and oxygen atoms in total. The van der Waals surface area contributed by atoms with E-state index >= 15 is 0 Å². The Morgan fingerprint density at radius 1 is 0.955 bits per heavy atom. The zero-order valence-corrected chi connectivity index (χ0v) is 17.4. The predicted molar refractivity (Wildman–Crippen MR) is 94.6 cm³/mol. The zero-order valence-electron chi connectivity index (χ0n) is 14.6. The first-order valence-electron chi connectivity index (χ1n) is 8.68. The summed E-state index contributed by atoms with van der Waals surface area (Å²) in [6.45, 7) is 6.61. The molecule has 1 N–H and O–H groups in total. The first-order valence-corrected chi connectivity index (χ1v) is 16.2. The number of rotatable bonds is 10. The molecule has 0 fully saturated rings. The average molecular weight is 416 g/mol. The van der Waals surface area contributed by atoms with Crippen LogP contribution in [0, 0.1) is 0 Å². The van der Waals surface area contributed by atoms with Crippen LogP contribution >= 0.6 is 0 Å². The molecule has 1 aromatic rings. The number of hydrogen-bond acceptors (Lipinski definition) is 3. The van der Waals surface area contributed by atoms with Gasteiger partial charge in [-0.05, 0) is 0 Å². The molecule has 0 bridgehead atoms. The quantitative estimate of drug-likeness (QED) is 0.597. The van der Waals surface area contributed by atoms with E-state index in [2.05, 4.69) is 30.9 Å². The number of aromatic amines is 1. The number of unbranched alkanes of at least 4 members (excludes halogenated alkanes) is 3. The number of aromatic nitrogens is 3. The average Bonchev–Trinajstić information content (AvgIpc) is 2.51. The van der Waals surface area contributed by atoms with Crippen LogP contribution in [0.2, 0.25) is 13.3 Å². The minimum atomic E-state index is -2.85. The monoisotopic (exact) mass is 417 g/mol. The fourth-order valence-electron chi connectivity index (χ4n) is 3.10. The van der Waals surface area contributed by atoms with E-state index < -0.39 is 24.1 Å². The maximum atomic E-state index is 12.4. The maximum absolute atomic E-state index is 12.4. The normalized spacial score (nSPS) is 11.8. The number of nitrogens with one attached hydrogen (secondary N) is 1. The Bertz CT molecular complexity index is 543. The molecule has 0 saturated carbocycles. The van der Waals surface area contributed by atoms with Gasteiger partial charge in [0.05, 0.1) is 0 Å². The van der Waals surface area contributed by atoms with Crippen molar-refractivity contribution in [3.8, 4) is 0 Å². The van der Waals surface area contributed by atoms with Gasteiger partial charge < -0.3 is 0 Å². The molecule has 0 amide bonds. The third-order valence-corrected chi connectivity index (χ3v) is 19.5. The van der Waals surface area contributed by atoms with Crippen molar-refractivity contribution in [2.24, 2.45) is 7.05 Å². The van der Waals surface area contributed by atoms with E-state index in [1.807, 2.05) is 0 Å². The van der Waals surface area contributed by atoms with E-state index in [1.54, 1.807) is 7.05 Å². The molecular weight excluding hydrogens is 385 g/mol. The molecule has 0 aromatic carbocycles. The number of hydrogen-bond donors (Lipinski definition) is 1. The summed E-state index contributed by atoms with van der Waals surface area (Å²) >= 11 is -2.85. The first-order chi connectivity index (χ1) is 10.5. The summed E-state index contributed by atoms with van der Waals surface area (Å²) < 4.78 is 5.62. The van der Waals surface area contributed by atoms with Crippen molar-refractivity contribution in [3.05, 3.63) is 20.8 Å². The van der Waals surface area contributed by atoms with Crippen LogP contribution < -0.4 is 15.0 Å². The fraction of sp³-hybridized carbons (Fsp3) is 0.812. The number of nitrogens with zero attached hydrogens (tertiary/aromatic N) is 2. The van der Waals surface area contributed by atoms with Crippen molar-refractivity contribution >= 4 is 22.1 Å². The van der Waals surface area contributed by atoms with Gasteiger partial charge in [0.25, 0.3) is 0 Å². The second kappa shape index (κ2) is 9.53. The van der Waals surface area contributed by atoms with Gasteiger partial charge in [-0.25, -0.2) is 0 Å². The van der Waals surface area contributed by atoms with E-state index in [-0.39, 0.29) is 5.56 Å². The van der Waals surface area contributed by atoms with Gasteiger partial charge in [0, 0.05) is 0 Å². The second-order valence-corrected chi connectivity index (χ2v) is 19.3. The summed E-state index contributed by atoms with van der Waals surface area (Å²) in [5.41, 5.74) is -0.613. The Labute approximate surface area is 137 Å². The molecule has 0 unspecified atom stereocenters. The molecule has 126 valence electrons. The van der Waals surface area contributed by atoms with Crippen molar-refractivity contribution in [1.29, 1.82) is 0 Å². The predicted octanol–water partition coefficient (Wildman–Crippen LogP) is 2.52. The van der Waals surface area contributed by atoms with Gasteiger partial charge in [-0.3, -0.25) is 0 Å². The van der Waals surface area contributed by atoms with Crippen molar-refractivity contribution in [3.63, 3.8) is 0 Å². The van der Waals surface area contributed by atoms with Gasteiger partial charge in [0.2, 0.25) is 0 Å². The van der Waals surface area contributed by atoms with E-state index in [4.69, 9.17) is 0 Å². The van der Waals surface area contributed by atoms with Crippen LogP contribution in [0.15, 0.2) is 9.59 Å². The van der Waals surface area contributed by atoms with Crippen LogP contribution in [-0.4, -0.2) is 33.1 Å². The first kappa shape index (κ1) is 19.5. The van der Waals surface area contributed by atoms with E-state index in [0.29, 0.717) is 0 Å². The summed E-state index contributed by atoms with van der Waals surface area (Å²) in [7, 11) is 1.64. The summed E-state index contributed by atoms with van der Waals surface area (Å²) in [6.07, 6.45) is 6.98. The summed E-state index contributed by atoms with van der Waals surface area (Å²) in [6, 6.07) is 0. The molecular formula is C16H31N3O2Sn. The van der Waals surface area contributed by atoms with Gasteiger partial charge in [-0.1, -0.05) is 0 Å². The van der Waals surface area contributed by atoms with Crippen molar-refractivity contribution < 1.29 is 0 Å². The summed E-state index contributed by atoms with van der Waals surface area (Å²) in [5, 5.41) is 4.46. The Balaban J connectivity index is 3.33. The van der Waals surface area contributed by atoms with Gasteiger partial charge >= 0.3 is 137 Å². The van der Waals surface area contributed by atoms with Crippen molar-refractivity contribution in [1.82, 2.24) is 14.8 Å². The van der Waals surface area contributed by atoms with E-state index in [9.17, 15) is 9.59 Å². The molecule has 0 aliphatic rings. The van der Waals surface area contributed by atoms with Gasteiger partial charge in [-0.15, -0.1) is 0 Å². The molecule has 0 atom stereocenters. The van der Waals surface area contributed by atoms with Crippen LogP contribution in [0.5, 0.6) is 0 Å². The van der Waals surface area contributed by atoms with Crippen LogP contribution in [0.3, 0.4) is 0 Å². The molecule has 0 aliphatic heterocycles. The van der Waals surface area contributed by atoms with Crippen molar-refractivity contribution in [2.75, 3.05) is 0 Å². The van der Waals surface area contributed by atoms with E-state index in [1.165, 1.54) is 37.3 Å². The molecule has 0 radical (unpaired) electrons. The summed E-state index contributed by atoms with van der Waals surface area (Å²) in [4.78, 5) is 26.6. The molecule has 22 heavy (non-hydrogen) atoms. The van der Waals surface area contributed by atoms with Gasteiger partial charge in [-0.2, -0.15) is 0 Å². The van der Waals surface area contributed by atoms with Crippen molar-refractivity contribution in [2.45, 2.75) is 72.6 Å². The third kappa shape index (κ3) is 4.96.